The molecule has 1 aromatic carbocycles. The number of hydrogen-bond donors (Lipinski definition) is 2. The highest BCUT2D eigenvalue weighted by Crippen LogP contribution is 2.24. The van der Waals surface area contributed by atoms with Crippen molar-refractivity contribution in [1.82, 2.24) is 0 Å². The SMILES string of the molecule is COc1ccc(CC(N)CC(C)C)c(O)c1. The van der Waals surface area contributed by atoms with E-state index in [1.807, 2.05) is 12.1 Å². The number of hydrogen-bond acceptors (Lipinski definition) is 3. The fourth-order valence-corrected chi connectivity index (χ4v) is 1.81. The maximum atomic E-state index is 9.77. The Balaban J connectivity index is 2.66. The fourth-order valence-electron chi connectivity index (χ4n) is 1.81. The first-order valence-corrected chi connectivity index (χ1v) is 5.64. The number of phenols is 1. The molecule has 90 valence electrons. The molecule has 0 fully saturated rings. The van der Waals surface area contributed by atoms with E-state index in [0.29, 0.717) is 18.1 Å². The van der Waals surface area contributed by atoms with Gasteiger partial charge in [0.25, 0.3) is 0 Å². The van der Waals surface area contributed by atoms with Gasteiger partial charge in [-0.1, -0.05) is 19.9 Å². The van der Waals surface area contributed by atoms with Crippen molar-refractivity contribution in [2.45, 2.75) is 32.7 Å². The fraction of sp³-hybridized carbons (Fsp3) is 0.538. The number of ether oxygens (including phenoxy) is 1. The van der Waals surface area contributed by atoms with Gasteiger partial charge in [0.15, 0.2) is 0 Å². The van der Waals surface area contributed by atoms with Crippen molar-refractivity contribution in [3.63, 3.8) is 0 Å². The second-order valence-corrected chi connectivity index (χ2v) is 4.59. The molecule has 1 unspecified atom stereocenters. The number of rotatable bonds is 5. The molecule has 3 nitrogen and oxygen atoms in total. The highest BCUT2D eigenvalue weighted by Gasteiger charge is 2.10. The van der Waals surface area contributed by atoms with Gasteiger partial charge in [0, 0.05) is 12.1 Å². The van der Waals surface area contributed by atoms with Crippen molar-refractivity contribution in [2.75, 3.05) is 7.11 Å². The minimum absolute atomic E-state index is 0.0966. The van der Waals surface area contributed by atoms with E-state index >= 15 is 0 Å². The van der Waals surface area contributed by atoms with Gasteiger partial charge in [0.2, 0.25) is 0 Å². The van der Waals surface area contributed by atoms with Crippen LogP contribution in [0.3, 0.4) is 0 Å². The van der Waals surface area contributed by atoms with Crippen LogP contribution in [0.5, 0.6) is 11.5 Å². The van der Waals surface area contributed by atoms with Crippen molar-refractivity contribution >= 4 is 0 Å². The van der Waals surface area contributed by atoms with Crippen molar-refractivity contribution in [1.29, 1.82) is 0 Å². The Hall–Kier alpha value is -1.22. The third kappa shape index (κ3) is 3.74. The molecule has 0 aliphatic heterocycles. The second-order valence-electron chi connectivity index (χ2n) is 4.59. The van der Waals surface area contributed by atoms with Gasteiger partial charge in [-0.15, -0.1) is 0 Å². The van der Waals surface area contributed by atoms with Gasteiger partial charge in [-0.2, -0.15) is 0 Å². The molecule has 0 aliphatic rings. The molecule has 3 N–H and O–H groups in total. The monoisotopic (exact) mass is 223 g/mol. The van der Waals surface area contributed by atoms with E-state index in [4.69, 9.17) is 10.5 Å². The maximum absolute atomic E-state index is 9.77. The first kappa shape index (κ1) is 12.8. The van der Waals surface area contributed by atoms with Gasteiger partial charge in [-0.3, -0.25) is 0 Å². The summed E-state index contributed by atoms with van der Waals surface area (Å²) in [6.45, 7) is 4.29. The molecule has 0 bridgehead atoms. The van der Waals surface area contributed by atoms with Crippen LogP contribution in [0.2, 0.25) is 0 Å². The van der Waals surface area contributed by atoms with E-state index in [1.54, 1.807) is 13.2 Å². The Labute approximate surface area is 97.2 Å². The molecular formula is C13H21NO2. The van der Waals surface area contributed by atoms with Gasteiger partial charge in [-0.25, -0.2) is 0 Å². The summed E-state index contributed by atoms with van der Waals surface area (Å²) in [5.74, 6) is 1.51. The van der Waals surface area contributed by atoms with Gasteiger partial charge in [-0.05, 0) is 30.4 Å². The number of phenolic OH excluding ortho intramolecular Hbond substituents is 1. The lowest BCUT2D eigenvalue weighted by Crippen LogP contribution is -2.24. The molecule has 0 radical (unpaired) electrons. The Bertz CT molecular complexity index is 337. The van der Waals surface area contributed by atoms with Crippen molar-refractivity contribution in [2.24, 2.45) is 11.7 Å². The molecule has 0 saturated carbocycles. The van der Waals surface area contributed by atoms with Crippen LogP contribution in [0.25, 0.3) is 0 Å². The standard InChI is InChI=1S/C13H21NO2/c1-9(2)6-11(14)7-10-4-5-12(16-3)8-13(10)15/h4-5,8-9,11,15H,6-7,14H2,1-3H3. The summed E-state index contributed by atoms with van der Waals surface area (Å²) < 4.78 is 5.03. The molecule has 16 heavy (non-hydrogen) atoms. The largest absolute Gasteiger partial charge is 0.508 e. The molecule has 0 amide bonds. The molecule has 0 aromatic heterocycles. The number of nitrogens with two attached hydrogens (primary N) is 1. The van der Waals surface area contributed by atoms with E-state index in [2.05, 4.69) is 13.8 Å². The Morgan fingerprint density at radius 1 is 1.38 bits per heavy atom. The average molecular weight is 223 g/mol. The van der Waals surface area contributed by atoms with Crippen LogP contribution in [0.15, 0.2) is 18.2 Å². The van der Waals surface area contributed by atoms with Crippen LogP contribution in [-0.4, -0.2) is 18.3 Å². The number of aromatic hydroxyl groups is 1. The predicted molar refractivity (Wildman–Crippen MR) is 65.8 cm³/mol. The summed E-state index contributed by atoms with van der Waals surface area (Å²) in [4.78, 5) is 0. The second kappa shape index (κ2) is 5.75. The molecule has 0 spiro atoms. The molecular weight excluding hydrogens is 202 g/mol. The van der Waals surface area contributed by atoms with Crippen LogP contribution in [0.4, 0.5) is 0 Å². The molecule has 0 heterocycles. The highest BCUT2D eigenvalue weighted by molar-refractivity contribution is 5.40. The van der Waals surface area contributed by atoms with Crippen molar-refractivity contribution in [3.8, 4) is 11.5 Å². The van der Waals surface area contributed by atoms with E-state index < -0.39 is 0 Å². The Morgan fingerprint density at radius 3 is 2.56 bits per heavy atom. The molecule has 1 rings (SSSR count). The topological polar surface area (TPSA) is 55.5 Å². The number of benzene rings is 1. The molecule has 0 saturated heterocycles. The van der Waals surface area contributed by atoms with Crippen LogP contribution >= 0.6 is 0 Å². The summed E-state index contributed by atoms with van der Waals surface area (Å²) in [5, 5.41) is 9.77. The van der Waals surface area contributed by atoms with E-state index in [0.717, 1.165) is 12.0 Å². The first-order chi connectivity index (χ1) is 7.52. The Morgan fingerprint density at radius 2 is 2.06 bits per heavy atom. The van der Waals surface area contributed by atoms with Crippen LogP contribution in [0, 0.1) is 5.92 Å². The van der Waals surface area contributed by atoms with Gasteiger partial charge >= 0.3 is 0 Å². The highest BCUT2D eigenvalue weighted by atomic mass is 16.5. The third-order valence-corrected chi connectivity index (χ3v) is 2.55. The lowest BCUT2D eigenvalue weighted by molar-refractivity contribution is 0.405. The quantitative estimate of drug-likeness (QED) is 0.805. The third-order valence-electron chi connectivity index (χ3n) is 2.55. The zero-order valence-electron chi connectivity index (χ0n) is 10.2. The van der Waals surface area contributed by atoms with Gasteiger partial charge < -0.3 is 15.6 Å². The van der Waals surface area contributed by atoms with Crippen molar-refractivity contribution < 1.29 is 9.84 Å². The summed E-state index contributed by atoms with van der Waals surface area (Å²) in [6.07, 6.45) is 1.67. The predicted octanol–water partition coefficient (Wildman–Crippen LogP) is 2.32. The van der Waals surface area contributed by atoms with Crippen molar-refractivity contribution in [3.05, 3.63) is 23.8 Å². The molecule has 0 aliphatic carbocycles. The zero-order valence-corrected chi connectivity index (χ0v) is 10.2. The van der Waals surface area contributed by atoms with E-state index in [1.165, 1.54) is 0 Å². The number of methoxy groups -OCH3 is 1. The molecule has 3 heteroatoms. The summed E-state index contributed by atoms with van der Waals surface area (Å²) in [5.41, 5.74) is 6.89. The summed E-state index contributed by atoms with van der Waals surface area (Å²) >= 11 is 0. The summed E-state index contributed by atoms with van der Waals surface area (Å²) in [6, 6.07) is 5.43. The van der Waals surface area contributed by atoms with Crippen LogP contribution in [0.1, 0.15) is 25.8 Å². The minimum atomic E-state index is 0.0966. The molecule has 1 aromatic rings. The average Bonchev–Trinajstić information content (AvgIpc) is 2.19. The van der Waals surface area contributed by atoms with Crippen LogP contribution in [-0.2, 0) is 6.42 Å². The smallest absolute Gasteiger partial charge is 0.122 e. The zero-order chi connectivity index (χ0) is 12.1. The normalized spacial score (nSPS) is 12.8. The lowest BCUT2D eigenvalue weighted by Gasteiger charge is -2.15. The van der Waals surface area contributed by atoms with Gasteiger partial charge in [0.05, 0.1) is 7.11 Å². The van der Waals surface area contributed by atoms with E-state index in [9.17, 15) is 5.11 Å². The lowest BCUT2D eigenvalue weighted by atomic mass is 9.97. The minimum Gasteiger partial charge on any atom is -0.508 e. The Kier molecular flexibility index (Phi) is 4.62. The molecule has 1 atom stereocenters. The van der Waals surface area contributed by atoms with E-state index in [-0.39, 0.29) is 11.8 Å². The summed E-state index contributed by atoms with van der Waals surface area (Å²) in [7, 11) is 1.58. The van der Waals surface area contributed by atoms with Crippen LogP contribution < -0.4 is 10.5 Å². The maximum Gasteiger partial charge on any atom is 0.122 e. The first-order valence-electron chi connectivity index (χ1n) is 5.64. The van der Waals surface area contributed by atoms with Gasteiger partial charge in [0.1, 0.15) is 11.5 Å².